The van der Waals surface area contributed by atoms with Gasteiger partial charge in [-0.3, -0.25) is 9.59 Å². The predicted octanol–water partition coefficient (Wildman–Crippen LogP) is 2.43. The molecule has 104 valence electrons. The highest BCUT2D eigenvalue weighted by Gasteiger charge is 2.35. The third-order valence-corrected chi connectivity index (χ3v) is 4.13. The highest BCUT2D eigenvalue weighted by Crippen LogP contribution is 2.41. The van der Waals surface area contributed by atoms with Gasteiger partial charge in [-0.25, -0.2) is 0 Å². The monoisotopic (exact) mass is 255 g/mol. The number of rotatable bonds is 6. The van der Waals surface area contributed by atoms with E-state index in [9.17, 15) is 9.59 Å². The van der Waals surface area contributed by atoms with Crippen molar-refractivity contribution in [2.75, 3.05) is 6.54 Å². The molecule has 0 radical (unpaired) electrons. The van der Waals surface area contributed by atoms with Crippen molar-refractivity contribution in [1.82, 2.24) is 5.32 Å². The first kappa shape index (κ1) is 15.0. The standard InChI is InChI=1S/C14H25NO3/c1-13(2,12(17)18)8-11(16)15-9-14(3,4)10-6-5-7-10/h10H,5-9H2,1-4H3,(H,15,16)(H,17,18). The van der Waals surface area contributed by atoms with E-state index in [1.807, 2.05) is 0 Å². The zero-order valence-corrected chi connectivity index (χ0v) is 11.9. The molecular formula is C14H25NO3. The van der Waals surface area contributed by atoms with Crippen LogP contribution in [0.25, 0.3) is 0 Å². The summed E-state index contributed by atoms with van der Waals surface area (Å²) in [5.74, 6) is -0.420. The van der Waals surface area contributed by atoms with Crippen LogP contribution in [0.3, 0.4) is 0 Å². The minimum absolute atomic E-state index is 0.0308. The summed E-state index contributed by atoms with van der Waals surface area (Å²) in [6, 6.07) is 0. The minimum Gasteiger partial charge on any atom is -0.481 e. The van der Waals surface area contributed by atoms with Crippen molar-refractivity contribution in [1.29, 1.82) is 0 Å². The molecule has 0 atom stereocenters. The molecule has 0 unspecified atom stereocenters. The molecule has 4 nitrogen and oxygen atoms in total. The Morgan fingerprint density at radius 3 is 2.17 bits per heavy atom. The lowest BCUT2D eigenvalue weighted by atomic mass is 9.67. The molecule has 1 aliphatic carbocycles. The molecule has 0 aliphatic heterocycles. The number of carbonyl (C=O) groups excluding carboxylic acids is 1. The molecule has 0 aromatic rings. The number of nitrogens with one attached hydrogen (secondary N) is 1. The lowest BCUT2D eigenvalue weighted by Crippen LogP contribution is -2.42. The Balaban J connectivity index is 2.39. The van der Waals surface area contributed by atoms with Crippen LogP contribution >= 0.6 is 0 Å². The van der Waals surface area contributed by atoms with Gasteiger partial charge in [0.15, 0.2) is 0 Å². The second kappa shape index (κ2) is 5.29. The Hall–Kier alpha value is -1.06. The number of hydrogen-bond donors (Lipinski definition) is 2. The molecule has 0 aromatic carbocycles. The van der Waals surface area contributed by atoms with Gasteiger partial charge >= 0.3 is 5.97 Å². The summed E-state index contributed by atoms with van der Waals surface area (Å²) in [5, 5.41) is 11.9. The van der Waals surface area contributed by atoms with Crippen LogP contribution in [-0.2, 0) is 9.59 Å². The van der Waals surface area contributed by atoms with Crippen molar-refractivity contribution in [3.8, 4) is 0 Å². The zero-order valence-electron chi connectivity index (χ0n) is 11.9. The summed E-state index contributed by atoms with van der Waals surface area (Å²) in [4.78, 5) is 22.7. The summed E-state index contributed by atoms with van der Waals surface area (Å²) < 4.78 is 0. The third-order valence-electron chi connectivity index (χ3n) is 4.13. The van der Waals surface area contributed by atoms with Crippen LogP contribution in [0.5, 0.6) is 0 Å². The molecule has 1 aliphatic rings. The molecule has 18 heavy (non-hydrogen) atoms. The summed E-state index contributed by atoms with van der Waals surface area (Å²) >= 11 is 0. The van der Waals surface area contributed by atoms with E-state index in [4.69, 9.17) is 5.11 Å². The van der Waals surface area contributed by atoms with Crippen molar-refractivity contribution in [2.45, 2.75) is 53.4 Å². The average Bonchev–Trinajstić information content (AvgIpc) is 2.10. The molecule has 0 aromatic heterocycles. The second-order valence-electron chi connectivity index (χ2n) is 6.76. The largest absolute Gasteiger partial charge is 0.481 e. The number of amides is 1. The molecule has 0 spiro atoms. The van der Waals surface area contributed by atoms with Crippen LogP contribution in [0.15, 0.2) is 0 Å². The Kier molecular flexibility index (Phi) is 4.41. The quantitative estimate of drug-likeness (QED) is 0.766. The van der Waals surface area contributed by atoms with E-state index < -0.39 is 11.4 Å². The van der Waals surface area contributed by atoms with Crippen LogP contribution in [0.2, 0.25) is 0 Å². The second-order valence-corrected chi connectivity index (χ2v) is 6.76. The van der Waals surface area contributed by atoms with Gasteiger partial charge < -0.3 is 10.4 Å². The molecule has 4 heteroatoms. The fourth-order valence-corrected chi connectivity index (χ4v) is 2.20. The van der Waals surface area contributed by atoms with E-state index in [0.717, 1.165) is 0 Å². The Morgan fingerprint density at radius 2 is 1.78 bits per heavy atom. The first-order valence-corrected chi connectivity index (χ1v) is 6.65. The van der Waals surface area contributed by atoms with E-state index in [1.165, 1.54) is 19.3 Å². The van der Waals surface area contributed by atoms with Gasteiger partial charge in [-0.1, -0.05) is 20.3 Å². The van der Waals surface area contributed by atoms with Gasteiger partial charge in [0, 0.05) is 13.0 Å². The average molecular weight is 255 g/mol. The van der Waals surface area contributed by atoms with Gasteiger partial charge in [0.25, 0.3) is 0 Å². The van der Waals surface area contributed by atoms with Crippen LogP contribution in [0, 0.1) is 16.7 Å². The molecule has 1 fully saturated rings. The maximum atomic E-state index is 11.8. The topological polar surface area (TPSA) is 66.4 Å². The number of carboxylic acids is 1. The van der Waals surface area contributed by atoms with Crippen molar-refractivity contribution in [3.63, 3.8) is 0 Å². The maximum Gasteiger partial charge on any atom is 0.309 e. The molecule has 0 bridgehead atoms. The van der Waals surface area contributed by atoms with Gasteiger partial charge in [0.2, 0.25) is 5.91 Å². The number of aliphatic carboxylic acids is 1. The van der Waals surface area contributed by atoms with E-state index in [2.05, 4.69) is 19.2 Å². The maximum absolute atomic E-state index is 11.8. The van der Waals surface area contributed by atoms with Gasteiger partial charge in [-0.05, 0) is 38.0 Å². The normalized spacial score (nSPS) is 17.1. The highest BCUT2D eigenvalue weighted by atomic mass is 16.4. The molecule has 1 amide bonds. The van der Waals surface area contributed by atoms with Crippen LogP contribution in [-0.4, -0.2) is 23.5 Å². The van der Waals surface area contributed by atoms with E-state index in [1.54, 1.807) is 13.8 Å². The Morgan fingerprint density at radius 1 is 1.22 bits per heavy atom. The SMILES string of the molecule is CC(C)(CC(=O)NCC(C)(C)C1CCC1)C(=O)O. The van der Waals surface area contributed by atoms with Crippen LogP contribution in [0.1, 0.15) is 53.4 Å². The summed E-state index contributed by atoms with van der Waals surface area (Å²) in [7, 11) is 0. The number of carbonyl (C=O) groups is 2. The van der Waals surface area contributed by atoms with Gasteiger partial charge in [-0.2, -0.15) is 0 Å². The lowest BCUT2D eigenvalue weighted by Gasteiger charge is -2.40. The summed E-state index contributed by atoms with van der Waals surface area (Å²) in [6.45, 7) is 8.11. The third kappa shape index (κ3) is 3.72. The van der Waals surface area contributed by atoms with Crippen LogP contribution < -0.4 is 5.32 Å². The van der Waals surface area contributed by atoms with Crippen LogP contribution in [0.4, 0.5) is 0 Å². The molecular weight excluding hydrogens is 230 g/mol. The van der Waals surface area contributed by atoms with Gasteiger partial charge in [0.05, 0.1) is 5.41 Å². The number of carboxylic acid groups (broad SMARTS) is 1. The van der Waals surface area contributed by atoms with E-state index in [0.29, 0.717) is 12.5 Å². The first-order valence-electron chi connectivity index (χ1n) is 6.65. The Bertz CT molecular complexity index is 330. The van der Waals surface area contributed by atoms with Gasteiger partial charge in [0.1, 0.15) is 0 Å². The van der Waals surface area contributed by atoms with Gasteiger partial charge in [-0.15, -0.1) is 0 Å². The molecule has 0 saturated heterocycles. The van der Waals surface area contributed by atoms with Crippen molar-refractivity contribution < 1.29 is 14.7 Å². The molecule has 0 heterocycles. The van der Waals surface area contributed by atoms with E-state index in [-0.39, 0.29) is 17.7 Å². The zero-order chi connectivity index (χ0) is 14.0. The smallest absolute Gasteiger partial charge is 0.309 e. The van der Waals surface area contributed by atoms with Crippen molar-refractivity contribution in [2.24, 2.45) is 16.7 Å². The summed E-state index contributed by atoms with van der Waals surface area (Å²) in [5.41, 5.74) is -0.883. The Labute approximate surface area is 109 Å². The fourth-order valence-electron chi connectivity index (χ4n) is 2.20. The van der Waals surface area contributed by atoms with E-state index >= 15 is 0 Å². The lowest BCUT2D eigenvalue weighted by molar-refractivity contribution is -0.149. The molecule has 1 rings (SSSR count). The molecule has 1 saturated carbocycles. The first-order chi connectivity index (χ1) is 8.15. The predicted molar refractivity (Wildman–Crippen MR) is 70.2 cm³/mol. The number of hydrogen-bond acceptors (Lipinski definition) is 2. The van der Waals surface area contributed by atoms with Crippen molar-refractivity contribution >= 4 is 11.9 Å². The minimum atomic E-state index is -0.995. The fraction of sp³-hybridized carbons (Fsp3) is 0.857. The van der Waals surface area contributed by atoms with Crippen molar-refractivity contribution in [3.05, 3.63) is 0 Å². The highest BCUT2D eigenvalue weighted by molar-refractivity contribution is 5.84. The summed E-state index contributed by atoms with van der Waals surface area (Å²) in [6.07, 6.45) is 3.80. The molecule has 2 N–H and O–H groups in total.